The molecule has 190 valence electrons. The summed E-state index contributed by atoms with van der Waals surface area (Å²) in [4.78, 5) is 27.0. The van der Waals surface area contributed by atoms with E-state index in [0.717, 1.165) is 22.6 Å². The molecule has 0 amide bonds. The van der Waals surface area contributed by atoms with Gasteiger partial charge in [-0.05, 0) is 49.4 Å². The van der Waals surface area contributed by atoms with Crippen molar-refractivity contribution in [2.45, 2.75) is 44.9 Å². The summed E-state index contributed by atoms with van der Waals surface area (Å²) < 4.78 is 21.9. The van der Waals surface area contributed by atoms with Crippen LogP contribution in [0.15, 0.2) is 65.0 Å². The predicted molar refractivity (Wildman–Crippen MR) is 136 cm³/mol. The third kappa shape index (κ3) is 4.83. The molecule has 0 spiro atoms. The second kappa shape index (κ2) is 10.9. The number of hydrogen-bond donors (Lipinski definition) is 1. The molecule has 2 unspecified atom stereocenters. The Kier molecular flexibility index (Phi) is 7.67. The normalized spacial score (nSPS) is 19.4. The molecular formula is C29H33NO6. The Bertz CT molecular complexity index is 1210. The lowest BCUT2D eigenvalue weighted by molar-refractivity contribution is -0.139. The van der Waals surface area contributed by atoms with E-state index < -0.39 is 11.9 Å². The first-order chi connectivity index (χ1) is 17.4. The smallest absolute Gasteiger partial charge is 0.336 e. The van der Waals surface area contributed by atoms with Gasteiger partial charge in [-0.3, -0.25) is 4.79 Å². The Morgan fingerprint density at radius 3 is 2.31 bits per heavy atom. The van der Waals surface area contributed by atoms with Crippen molar-refractivity contribution >= 4 is 11.8 Å². The summed E-state index contributed by atoms with van der Waals surface area (Å²) in [5.74, 6) is 0.945. The summed E-state index contributed by atoms with van der Waals surface area (Å²) in [7, 11) is 4.79. The summed E-state index contributed by atoms with van der Waals surface area (Å²) in [5.41, 5.74) is 4.34. The van der Waals surface area contributed by atoms with Crippen molar-refractivity contribution in [3.8, 4) is 17.2 Å². The van der Waals surface area contributed by atoms with E-state index in [4.69, 9.17) is 18.9 Å². The van der Waals surface area contributed by atoms with Gasteiger partial charge in [0.05, 0.1) is 39.4 Å². The SMILES string of the molecule is CCCOC(=O)C1=C(C)NC2=C(C(=O)CC(c3ccc(OC)cc3)C2)C1c1ccc(OC)cc1OC. The van der Waals surface area contributed by atoms with Crippen LogP contribution in [0.2, 0.25) is 0 Å². The first-order valence-corrected chi connectivity index (χ1v) is 12.2. The van der Waals surface area contributed by atoms with E-state index in [2.05, 4.69) is 5.32 Å². The lowest BCUT2D eigenvalue weighted by Gasteiger charge is -2.37. The highest BCUT2D eigenvalue weighted by atomic mass is 16.5. The maximum Gasteiger partial charge on any atom is 0.336 e. The van der Waals surface area contributed by atoms with Gasteiger partial charge in [0.2, 0.25) is 0 Å². The minimum atomic E-state index is -0.601. The van der Waals surface area contributed by atoms with Crippen LogP contribution in [0.25, 0.3) is 0 Å². The number of nitrogens with one attached hydrogen (secondary N) is 1. The zero-order chi connectivity index (χ0) is 25.8. The van der Waals surface area contributed by atoms with Crippen LogP contribution >= 0.6 is 0 Å². The van der Waals surface area contributed by atoms with E-state index in [1.165, 1.54) is 0 Å². The quantitative estimate of drug-likeness (QED) is 0.519. The summed E-state index contributed by atoms with van der Waals surface area (Å²) in [6.07, 6.45) is 1.70. The van der Waals surface area contributed by atoms with Crippen molar-refractivity contribution in [1.29, 1.82) is 0 Å². The van der Waals surface area contributed by atoms with Gasteiger partial charge in [0, 0.05) is 35.0 Å². The Hall–Kier alpha value is -3.74. The summed E-state index contributed by atoms with van der Waals surface area (Å²) in [6, 6.07) is 13.3. The van der Waals surface area contributed by atoms with Crippen molar-refractivity contribution in [2.24, 2.45) is 0 Å². The summed E-state index contributed by atoms with van der Waals surface area (Å²) >= 11 is 0. The molecule has 2 aliphatic rings. The number of carbonyl (C=O) groups excluding carboxylic acids is 2. The largest absolute Gasteiger partial charge is 0.497 e. The number of rotatable bonds is 8. The second-order valence-corrected chi connectivity index (χ2v) is 9.03. The molecule has 1 heterocycles. The van der Waals surface area contributed by atoms with Crippen LogP contribution in [0, 0.1) is 0 Å². The minimum Gasteiger partial charge on any atom is -0.497 e. The zero-order valence-corrected chi connectivity index (χ0v) is 21.5. The van der Waals surface area contributed by atoms with Gasteiger partial charge in [-0.2, -0.15) is 0 Å². The van der Waals surface area contributed by atoms with E-state index >= 15 is 0 Å². The highest BCUT2D eigenvalue weighted by Crippen LogP contribution is 2.48. The van der Waals surface area contributed by atoms with Gasteiger partial charge < -0.3 is 24.3 Å². The fourth-order valence-electron chi connectivity index (χ4n) is 5.06. The molecule has 7 nitrogen and oxygen atoms in total. The second-order valence-electron chi connectivity index (χ2n) is 9.03. The molecule has 0 fully saturated rings. The Labute approximate surface area is 212 Å². The van der Waals surface area contributed by atoms with Crippen LogP contribution in [-0.4, -0.2) is 39.7 Å². The molecule has 0 saturated carbocycles. The molecular weight excluding hydrogens is 458 g/mol. The standard InChI is InChI=1S/C29H33NO6/c1-6-13-36-29(32)26-17(2)30-23-14-19(18-7-9-20(33-3)10-8-18)15-24(31)28(23)27(26)22-12-11-21(34-4)16-25(22)35-5/h7-12,16,19,27,30H,6,13-15H2,1-5H3. The van der Waals surface area contributed by atoms with Crippen molar-refractivity contribution in [1.82, 2.24) is 5.32 Å². The number of hydrogen-bond acceptors (Lipinski definition) is 7. The number of Topliss-reactive ketones (excluding diaryl/α,β-unsaturated/α-hetero) is 1. The van der Waals surface area contributed by atoms with Gasteiger partial charge in [0.1, 0.15) is 17.2 Å². The van der Waals surface area contributed by atoms with Crippen LogP contribution in [-0.2, 0) is 14.3 Å². The number of esters is 1. The topological polar surface area (TPSA) is 83.1 Å². The molecule has 0 saturated heterocycles. The average Bonchev–Trinajstić information content (AvgIpc) is 2.90. The Morgan fingerprint density at radius 1 is 0.972 bits per heavy atom. The van der Waals surface area contributed by atoms with Crippen LogP contribution in [0.3, 0.4) is 0 Å². The number of dihydropyridines is 1. The maximum atomic E-state index is 13.8. The first-order valence-electron chi connectivity index (χ1n) is 12.2. The number of methoxy groups -OCH3 is 3. The van der Waals surface area contributed by atoms with Crippen molar-refractivity contribution in [2.75, 3.05) is 27.9 Å². The molecule has 1 aliphatic carbocycles. The fraction of sp³-hybridized carbons (Fsp3) is 0.379. The predicted octanol–water partition coefficient (Wildman–Crippen LogP) is 5.03. The van der Waals surface area contributed by atoms with Crippen molar-refractivity contribution in [3.05, 3.63) is 76.1 Å². The third-order valence-electron chi connectivity index (χ3n) is 6.82. The van der Waals surface area contributed by atoms with E-state index in [9.17, 15) is 9.59 Å². The van der Waals surface area contributed by atoms with Crippen LogP contribution < -0.4 is 19.5 Å². The molecule has 0 radical (unpaired) electrons. The molecule has 7 heteroatoms. The van der Waals surface area contributed by atoms with E-state index in [1.807, 2.05) is 50.2 Å². The van der Waals surface area contributed by atoms with E-state index in [0.29, 0.717) is 54.2 Å². The Balaban J connectivity index is 1.80. The highest BCUT2D eigenvalue weighted by Gasteiger charge is 2.42. The molecule has 4 rings (SSSR count). The summed E-state index contributed by atoms with van der Waals surface area (Å²) in [6.45, 7) is 4.11. The van der Waals surface area contributed by atoms with Gasteiger partial charge >= 0.3 is 5.97 Å². The maximum absolute atomic E-state index is 13.8. The molecule has 2 aromatic rings. The lowest BCUT2D eigenvalue weighted by atomic mass is 9.71. The van der Waals surface area contributed by atoms with Crippen LogP contribution in [0.4, 0.5) is 0 Å². The molecule has 0 bridgehead atoms. The zero-order valence-electron chi connectivity index (χ0n) is 21.5. The van der Waals surface area contributed by atoms with Crippen LogP contribution in [0.1, 0.15) is 56.1 Å². The fourth-order valence-corrected chi connectivity index (χ4v) is 5.06. The Morgan fingerprint density at radius 2 is 1.67 bits per heavy atom. The summed E-state index contributed by atoms with van der Waals surface area (Å²) in [5, 5.41) is 3.39. The monoisotopic (exact) mass is 491 g/mol. The first kappa shape index (κ1) is 25.4. The van der Waals surface area contributed by atoms with Gasteiger partial charge in [-0.1, -0.05) is 25.1 Å². The average molecular weight is 492 g/mol. The van der Waals surface area contributed by atoms with Gasteiger partial charge in [0.25, 0.3) is 0 Å². The van der Waals surface area contributed by atoms with E-state index in [1.54, 1.807) is 27.4 Å². The molecule has 2 aromatic carbocycles. The van der Waals surface area contributed by atoms with Gasteiger partial charge in [-0.25, -0.2) is 4.79 Å². The highest BCUT2D eigenvalue weighted by molar-refractivity contribution is 6.04. The molecule has 1 aliphatic heterocycles. The molecule has 0 aromatic heterocycles. The van der Waals surface area contributed by atoms with Crippen molar-refractivity contribution in [3.63, 3.8) is 0 Å². The lowest BCUT2D eigenvalue weighted by Crippen LogP contribution is -2.36. The number of ketones is 1. The van der Waals surface area contributed by atoms with Gasteiger partial charge in [-0.15, -0.1) is 0 Å². The minimum absolute atomic E-state index is 0.000677. The third-order valence-corrected chi connectivity index (χ3v) is 6.82. The van der Waals surface area contributed by atoms with Crippen LogP contribution in [0.5, 0.6) is 17.2 Å². The molecule has 2 atom stereocenters. The number of allylic oxidation sites excluding steroid dienone is 3. The van der Waals surface area contributed by atoms with Crippen molar-refractivity contribution < 1.29 is 28.5 Å². The molecule has 36 heavy (non-hydrogen) atoms. The van der Waals surface area contributed by atoms with E-state index in [-0.39, 0.29) is 11.7 Å². The number of carbonyl (C=O) groups is 2. The number of benzene rings is 2. The molecule has 1 N–H and O–H groups in total. The van der Waals surface area contributed by atoms with Gasteiger partial charge in [0.15, 0.2) is 5.78 Å². The number of ether oxygens (including phenoxy) is 4.